The van der Waals surface area contributed by atoms with E-state index in [2.05, 4.69) is 5.32 Å². The fourth-order valence-corrected chi connectivity index (χ4v) is 3.47. The van der Waals surface area contributed by atoms with E-state index in [0.717, 1.165) is 0 Å². The van der Waals surface area contributed by atoms with Crippen LogP contribution in [-0.2, 0) is 9.53 Å². The summed E-state index contributed by atoms with van der Waals surface area (Å²) in [6.07, 6.45) is 7.99. The van der Waals surface area contributed by atoms with Gasteiger partial charge in [-0.05, 0) is 61.0 Å². The minimum absolute atomic E-state index is 0.0638. The lowest BCUT2D eigenvalue weighted by Gasteiger charge is -2.25. The van der Waals surface area contributed by atoms with E-state index in [9.17, 15) is 14.7 Å². The normalized spacial score (nSPS) is 18.4. The molecule has 3 atom stereocenters. The van der Waals surface area contributed by atoms with E-state index in [1.807, 2.05) is 0 Å². The highest BCUT2D eigenvalue weighted by Gasteiger charge is 2.31. The van der Waals surface area contributed by atoms with Crippen LogP contribution in [0.3, 0.4) is 0 Å². The first-order valence-electron chi connectivity index (χ1n) is 10.2. The van der Waals surface area contributed by atoms with Gasteiger partial charge >= 0.3 is 5.97 Å². The van der Waals surface area contributed by atoms with E-state index in [0.29, 0.717) is 28.1 Å². The van der Waals surface area contributed by atoms with E-state index in [-0.39, 0.29) is 17.1 Å². The Labute approximate surface area is 196 Å². The number of benzene rings is 2. The molecule has 33 heavy (non-hydrogen) atoms. The highest BCUT2D eigenvalue weighted by atomic mass is 35.5. The van der Waals surface area contributed by atoms with Crippen molar-refractivity contribution in [3.63, 3.8) is 0 Å². The Balaban J connectivity index is 1.84. The first-order valence-corrected chi connectivity index (χ1v) is 10.6. The van der Waals surface area contributed by atoms with Gasteiger partial charge in [0, 0.05) is 22.7 Å². The third-order valence-electron chi connectivity index (χ3n) is 5.05. The quantitative estimate of drug-likeness (QED) is 0.196. The second kappa shape index (κ2) is 10.7. The first kappa shape index (κ1) is 23.8. The van der Waals surface area contributed by atoms with Gasteiger partial charge in [0.25, 0.3) is 5.91 Å². The maximum Gasteiger partial charge on any atom is 0.311 e. The molecular formula is C25H24ClN3O4. The molecule has 170 valence electrons. The van der Waals surface area contributed by atoms with Gasteiger partial charge in [-0.25, -0.2) is 0 Å². The summed E-state index contributed by atoms with van der Waals surface area (Å²) in [5.41, 5.74) is 7.49. The number of carboxylic acid groups (broad SMARTS) is 1. The summed E-state index contributed by atoms with van der Waals surface area (Å²) in [5, 5.41) is 19.9. The number of ether oxygens (including phenoxy) is 1. The number of rotatable bonds is 8. The number of amides is 1. The smallest absolute Gasteiger partial charge is 0.311 e. The van der Waals surface area contributed by atoms with Gasteiger partial charge in [0.15, 0.2) is 0 Å². The Bertz CT molecular complexity index is 1140. The highest BCUT2D eigenvalue weighted by Crippen LogP contribution is 2.35. The predicted octanol–water partition coefficient (Wildman–Crippen LogP) is 4.62. The number of carboxylic acids is 1. The molecule has 3 rings (SSSR count). The summed E-state index contributed by atoms with van der Waals surface area (Å²) in [6, 6.07) is 13.5. The van der Waals surface area contributed by atoms with Gasteiger partial charge < -0.3 is 20.9 Å². The number of carbonyl (C=O) groups excluding carboxylic acids is 1. The zero-order valence-corrected chi connectivity index (χ0v) is 18.6. The molecule has 0 saturated heterocycles. The monoisotopic (exact) mass is 465 g/mol. The van der Waals surface area contributed by atoms with E-state index in [4.69, 9.17) is 27.5 Å². The average molecular weight is 466 g/mol. The van der Waals surface area contributed by atoms with Crippen molar-refractivity contribution in [3.8, 4) is 0 Å². The molecule has 0 spiro atoms. The number of hydrogen-bond donors (Lipinski definition) is 4. The van der Waals surface area contributed by atoms with Gasteiger partial charge in [-0.2, -0.15) is 0 Å². The second-order valence-electron chi connectivity index (χ2n) is 7.47. The number of halogens is 1. The number of nitrogen functional groups attached to an aromatic ring is 1. The van der Waals surface area contributed by atoms with E-state index in [1.54, 1.807) is 73.7 Å². The van der Waals surface area contributed by atoms with Crippen LogP contribution in [-0.4, -0.2) is 28.2 Å². The highest BCUT2D eigenvalue weighted by molar-refractivity contribution is 6.21. The minimum Gasteiger partial charge on any atom is -0.481 e. The SMILES string of the molecule is CC(Cl)/C=C/OC1=CC(C(=O)O)C(c2ccccc2C(=O)Nc2ccc(C(=N)N)cc2)C=C1. The Hall–Kier alpha value is -3.84. The molecular weight excluding hydrogens is 442 g/mol. The fourth-order valence-electron chi connectivity index (χ4n) is 3.41. The van der Waals surface area contributed by atoms with Gasteiger partial charge in [-0.1, -0.05) is 24.3 Å². The van der Waals surface area contributed by atoms with Crippen molar-refractivity contribution < 1.29 is 19.4 Å². The number of carbonyl (C=O) groups is 2. The molecule has 0 aliphatic heterocycles. The molecule has 1 amide bonds. The summed E-state index contributed by atoms with van der Waals surface area (Å²) < 4.78 is 5.48. The number of alkyl halides is 1. The van der Waals surface area contributed by atoms with Crippen molar-refractivity contribution in [2.24, 2.45) is 11.7 Å². The van der Waals surface area contributed by atoms with Gasteiger partial charge in [0.2, 0.25) is 0 Å². The van der Waals surface area contributed by atoms with Crippen LogP contribution in [0.4, 0.5) is 5.69 Å². The van der Waals surface area contributed by atoms with Crippen molar-refractivity contribution in [1.82, 2.24) is 0 Å². The number of allylic oxidation sites excluding steroid dienone is 3. The number of amidine groups is 1. The predicted molar refractivity (Wildman–Crippen MR) is 128 cm³/mol. The zero-order valence-electron chi connectivity index (χ0n) is 17.9. The fraction of sp³-hybridized carbons (Fsp3) is 0.160. The summed E-state index contributed by atoms with van der Waals surface area (Å²) >= 11 is 5.85. The Morgan fingerprint density at radius 2 is 1.91 bits per heavy atom. The topological polar surface area (TPSA) is 125 Å². The third kappa shape index (κ3) is 6.11. The molecule has 0 fully saturated rings. The van der Waals surface area contributed by atoms with Crippen LogP contribution in [0, 0.1) is 11.3 Å². The third-order valence-corrected chi connectivity index (χ3v) is 5.20. The lowest BCUT2D eigenvalue weighted by molar-refractivity contribution is -0.140. The number of nitrogens with two attached hydrogens (primary N) is 1. The molecule has 2 aromatic carbocycles. The van der Waals surface area contributed by atoms with Gasteiger partial charge in [0.1, 0.15) is 11.6 Å². The molecule has 7 nitrogen and oxygen atoms in total. The molecule has 5 N–H and O–H groups in total. The maximum absolute atomic E-state index is 13.0. The van der Waals surface area contributed by atoms with Crippen molar-refractivity contribution in [1.29, 1.82) is 5.41 Å². The van der Waals surface area contributed by atoms with Crippen LogP contribution < -0.4 is 11.1 Å². The molecule has 0 radical (unpaired) electrons. The van der Waals surface area contributed by atoms with Crippen LogP contribution >= 0.6 is 11.6 Å². The molecule has 2 aromatic rings. The van der Waals surface area contributed by atoms with Crippen molar-refractivity contribution in [2.45, 2.75) is 18.2 Å². The molecule has 3 unspecified atom stereocenters. The van der Waals surface area contributed by atoms with Crippen LogP contribution in [0.15, 0.2) is 84.9 Å². The van der Waals surface area contributed by atoms with Crippen LogP contribution in [0.5, 0.6) is 0 Å². The molecule has 0 bridgehead atoms. The number of nitrogens with one attached hydrogen (secondary N) is 2. The Kier molecular flexibility index (Phi) is 7.69. The number of anilines is 1. The van der Waals surface area contributed by atoms with E-state index < -0.39 is 17.8 Å². The number of hydrogen-bond acceptors (Lipinski definition) is 4. The van der Waals surface area contributed by atoms with Gasteiger partial charge in [0.05, 0.1) is 17.6 Å². The Morgan fingerprint density at radius 1 is 1.21 bits per heavy atom. The lowest BCUT2D eigenvalue weighted by atomic mass is 9.80. The summed E-state index contributed by atoms with van der Waals surface area (Å²) in [5.74, 6) is -2.56. The summed E-state index contributed by atoms with van der Waals surface area (Å²) in [6.45, 7) is 1.78. The summed E-state index contributed by atoms with van der Waals surface area (Å²) in [7, 11) is 0. The lowest BCUT2D eigenvalue weighted by Crippen LogP contribution is -2.24. The van der Waals surface area contributed by atoms with Crippen molar-refractivity contribution in [3.05, 3.63) is 102 Å². The van der Waals surface area contributed by atoms with Crippen LogP contribution in [0.2, 0.25) is 0 Å². The van der Waals surface area contributed by atoms with Crippen molar-refractivity contribution in [2.75, 3.05) is 5.32 Å². The molecule has 8 heteroatoms. The second-order valence-corrected chi connectivity index (χ2v) is 8.16. The first-order chi connectivity index (χ1) is 15.8. The minimum atomic E-state index is -1.03. The molecule has 1 aliphatic carbocycles. The molecule has 0 heterocycles. The number of aliphatic carboxylic acids is 1. The standard InChI is InChI=1S/C25H24ClN3O4/c1-15(26)12-13-33-18-10-11-20(22(14-18)25(31)32)19-4-2-3-5-21(19)24(30)29-17-8-6-16(7-9-17)23(27)28/h2-15,20,22H,1H3,(H3,27,28)(H,29,30)(H,31,32)/b13-12+. The average Bonchev–Trinajstić information content (AvgIpc) is 2.79. The zero-order chi connectivity index (χ0) is 24.0. The van der Waals surface area contributed by atoms with Gasteiger partial charge in [-0.3, -0.25) is 15.0 Å². The summed E-state index contributed by atoms with van der Waals surface area (Å²) in [4.78, 5) is 25.1. The van der Waals surface area contributed by atoms with Crippen LogP contribution in [0.1, 0.15) is 34.3 Å². The molecule has 1 aliphatic rings. The largest absolute Gasteiger partial charge is 0.481 e. The maximum atomic E-state index is 13.0. The van der Waals surface area contributed by atoms with Crippen LogP contribution in [0.25, 0.3) is 0 Å². The molecule has 0 saturated carbocycles. The van der Waals surface area contributed by atoms with E-state index >= 15 is 0 Å². The molecule has 0 aromatic heterocycles. The van der Waals surface area contributed by atoms with E-state index in [1.165, 1.54) is 12.3 Å². The van der Waals surface area contributed by atoms with Gasteiger partial charge in [-0.15, -0.1) is 11.6 Å². The van der Waals surface area contributed by atoms with Crippen molar-refractivity contribution >= 4 is 35.0 Å². The Morgan fingerprint density at radius 3 is 2.55 bits per heavy atom.